The number of carbonyl (C=O) groups excluding carboxylic acids is 1. The quantitative estimate of drug-likeness (QED) is 0.374. The van der Waals surface area contributed by atoms with Crippen molar-refractivity contribution in [2.24, 2.45) is 5.92 Å². The fraction of sp³-hybridized carbons (Fsp3) is 0.636. The average Bonchev–Trinajstić information content (AvgIpc) is 2.94. The summed E-state index contributed by atoms with van der Waals surface area (Å²) in [6.07, 6.45) is 6.61. The first-order chi connectivity index (χ1) is 6.33. The number of carbonyl (C=O) groups is 1. The molecule has 2 nitrogen and oxygen atoms in total. The topological polar surface area (TPSA) is 26.3 Å². The van der Waals surface area contributed by atoms with Crippen LogP contribution in [0.25, 0.3) is 0 Å². The summed E-state index contributed by atoms with van der Waals surface area (Å²) in [5.74, 6) is 6.78. The van der Waals surface area contributed by atoms with Crippen LogP contribution in [0.4, 0.5) is 0 Å². The van der Waals surface area contributed by atoms with E-state index >= 15 is 0 Å². The Bertz CT molecular complexity index is 218. The van der Waals surface area contributed by atoms with Crippen molar-refractivity contribution in [2.75, 3.05) is 7.11 Å². The lowest BCUT2D eigenvalue weighted by Crippen LogP contribution is -1.98. The Morgan fingerprint density at radius 3 is 3.00 bits per heavy atom. The predicted molar refractivity (Wildman–Crippen MR) is 50.7 cm³/mol. The molecule has 1 radical (unpaired) electrons. The molecule has 2 heteroatoms. The Balaban J connectivity index is 1.91. The Hall–Kier alpha value is -0.970. The number of esters is 1. The molecule has 0 aromatic heterocycles. The van der Waals surface area contributed by atoms with E-state index in [0.29, 0.717) is 6.42 Å². The zero-order valence-corrected chi connectivity index (χ0v) is 8.01. The van der Waals surface area contributed by atoms with Gasteiger partial charge in [-0.3, -0.25) is 4.79 Å². The molecule has 0 saturated heterocycles. The molecule has 1 aliphatic rings. The normalized spacial score (nSPS) is 14.5. The summed E-state index contributed by atoms with van der Waals surface area (Å²) in [6.45, 7) is 0. The van der Waals surface area contributed by atoms with Gasteiger partial charge < -0.3 is 4.74 Å². The summed E-state index contributed by atoms with van der Waals surface area (Å²) < 4.78 is 4.51. The monoisotopic (exact) mass is 179 g/mol. The van der Waals surface area contributed by atoms with E-state index in [1.54, 1.807) is 0 Å². The molecule has 0 aromatic carbocycles. The third-order valence-corrected chi connectivity index (χ3v) is 1.97. The van der Waals surface area contributed by atoms with Crippen molar-refractivity contribution in [3.8, 4) is 11.8 Å². The molecule has 13 heavy (non-hydrogen) atoms. The van der Waals surface area contributed by atoms with Gasteiger partial charge in [0.2, 0.25) is 0 Å². The molecule has 0 bridgehead atoms. The van der Waals surface area contributed by atoms with Crippen LogP contribution >= 0.6 is 0 Å². The lowest BCUT2D eigenvalue weighted by molar-refractivity contribution is -0.140. The second kappa shape index (κ2) is 5.64. The van der Waals surface area contributed by atoms with Crippen molar-refractivity contribution < 1.29 is 9.53 Å². The Morgan fingerprint density at radius 1 is 1.62 bits per heavy atom. The molecule has 0 N–H and O–H groups in total. The number of unbranched alkanes of at least 4 members (excludes halogenated alkanes) is 1. The largest absolute Gasteiger partial charge is 0.469 e. The van der Waals surface area contributed by atoms with E-state index in [1.807, 2.05) is 0 Å². The third kappa shape index (κ3) is 5.30. The Labute approximate surface area is 79.7 Å². The highest BCUT2D eigenvalue weighted by molar-refractivity contribution is 5.69. The van der Waals surface area contributed by atoms with Gasteiger partial charge in [-0.05, 0) is 25.2 Å². The van der Waals surface area contributed by atoms with Crippen LogP contribution in [0.3, 0.4) is 0 Å². The highest BCUT2D eigenvalue weighted by atomic mass is 16.5. The molecule has 1 saturated carbocycles. The molecule has 1 unspecified atom stereocenters. The van der Waals surface area contributed by atoms with Gasteiger partial charge in [-0.2, -0.15) is 0 Å². The molecule has 0 aromatic rings. The van der Waals surface area contributed by atoms with Crippen LogP contribution in [0.15, 0.2) is 0 Å². The zero-order valence-electron chi connectivity index (χ0n) is 8.01. The smallest absolute Gasteiger partial charge is 0.305 e. The van der Waals surface area contributed by atoms with Crippen LogP contribution in [-0.2, 0) is 9.53 Å². The van der Waals surface area contributed by atoms with Gasteiger partial charge >= 0.3 is 5.97 Å². The van der Waals surface area contributed by atoms with Gasteiger partial charge in [0, 0.05) is 19.3 Å². The standard InChI is InChI=1S/C11H15O2/c1-13-11(12)7-5-3-2-4-6-10-8-9-10/h8,10H,3,5-7,9H2,1H3. The first kappa shape index (κ1) is 10.1. The predicted octanol–water partition coefficient (Wildman–Crippen LogP) is 1.95. The lowest BCUT2D eigenvalue weighted by atomic mass is 10.2. The maximum absolute atomic E-state index is 10.7. The fourth-order valence-corrected chi connectivity index (χ4v) is 0.978. The molecule has 1 fully saturated rings. The third-order valence-electron chi connectivity index (χ3n) is 1.97. The van der Waals surface area contributed by atoms with Crippen LogP contribution in [0.1, 0.15) is 32.1 Å². The van der Waals surface area contributed by atoms with Gasteiger partial charge in [-0.1, -0.05) is 0 Å². The maximum atomic E-state index is 10.7. The second-order valence-corrected chi connectivity index (χ2v) is 3.22. The molecule has 0 aliphatic heterocycles. The van der Waals surface area contributed by atoms with Crippen molar-refractivity contribution >= 4 is 5.97 Å². The highest BCUT2D eigenvalue weighted by Gasteiger charge is 2.19. The summed E-state index contributed by atoms with van der Waals surface area (Å²) in [6, 6.07) is 0. The summed E-state index contributed by atoms with van der Waals surface area (Å²) in [5, 5.41) is 0. The Morgan fingerprint density at radius 2 is 2.38 bits per heavy atom. The minimum Gasteiger partial charge on any atom is -0.469 e. The molecule has 71 valence electrons. The molecule has 1 aliphatic carbocycles. The van der Waals surface area contributed by atoms with Crippen molar-refractivity contribution in [1.29, 1.82) is 0 Å². The van der Waals surface area contributed by atoms with Crippen molar-refractivity contribution in [3.63, 3.8) is 0 Å². The van der Waals surface area contributed by atoms with Gasteiger partial charge in [0.05, 0.1) is 7.11 Å². The van der Waals surface area contributed by atoms with Crippen LogP contribution in [-0.4, -0.2) is 13.1 Å². The van der Waals surface area contributed by atoms with Crippen molar-refractivity contribution in [2.45, 2.75) is 32.1 Å². The molecule has 0 spiro atoms. The van der Waals surface area contributed by atoms with Crippen molar-refractivity contribution in [3.05, 3.63) is 6.42 Å². The van der Waals surface area contributed by atoms with Crippen LogP contribution in [0, 0.1) is 24.2 Å². The number of methoxy groups -OCH3 is 1. The highest BCUT2D eigenvalue weighted by Crippen LogP contribution is 2.30. The van der Waals surface area contributed by atoms with E-state index in [4.69, 9.17) is 0 Å². The molecule has 0 amide bonds. The second-order valence-electron chi connectivity index (χ2n) is 3.22. The number of hydrogen-bond acceptors (Lipinski definition) is 2. The number of hydrogen-bond donors (Lipinski definition) is 0. The van der Waals surface area contributed by atoms with Gasteiger partial charge in [0.25, 0.3) is 0 Å². The molecular formula is C11H15O2. The van der Waals surface area contributed by atoms with E-state index in [2.05, 4.69) is 23.0 Å². The minimum atomic E-state index is -0.141. The SMILES string of the molecule is COC(=O)CCCC#CCC1[CH]C1. The van der Waals surface area contributed by atoms with Gasteiger partial charge in [0.1, 0.15) is 0 Å². The zero-order chi connectivity index (χ0) is 9.52. The molecule has 1 atom stereocenters. The minimum absolute atomic E-state index is 0.141. The number of rotatable bonds is 4. The van der Waals surface area contributed by atoms with Gasteiger partial charge in [-0.25, -0.2) is 0 Å². The van der Waals surface area contributed by atoms with E-state index in [9.17, 15) is 4.79 Å². The maximum Gasteiger partial charge on any atom is 0.305 e. The van der Waals surface area contributed by atoms with Crippen LogP contribution in [0.2, 0.25) is 0 Å². The van der Waals surface area contributed by atoms with Crippen molar-refractivity contribution in [1.82, 2.24) is 0 Å². The van der Waals surface area contributed by atoms with E-state index in [0.717, 1.165) is 25.2 Å². The van der Waals surface area contributed by atoms with E-state index in [-0.39, 0.29) is 5.97 Å². The van der Waals surface area contributed by atoms with Crippen LogP contribution in [0.5, 0.6) is 0 Å². The fourth-order valence-electron chi connectivity index (χ4n) is 0.978. The summed E-state index contributed by atoms with van der Waals surface area (Å²) in [4.78, 5) is 10.7. The van der Waals surface area contributed by atoms with E-state index in [1.165, 1.54) is 13.5 Å². The van der Waals surface area contributed by atoms with Crippen LogP contribution < -0.4 is 0 Å². The average molecular weight is 179 g/mol. The first-order valence-electron chi connectivity index (χ1n) is 4.69. The Kier molecular flexibility index (Phi) is 4.39. The summed E-state index contributed by atoms with van der Waals surface area (Å²) in [5.41, 5.74) is 0. The van der Waals surface area contributed by atoms with E-state index < -0.39 is 0 Å². The van der Waals surface area contributed by atoms with Gasteiger partial charge in [-0.15, -0.1) is 11.8 Å². The summed E-state index contributed by atoms with van der Waals surface area (Å²) in [7, 11) is 1.41. The first-order valence-corrected chi connectivity index (χ1v) is 4.69. The molecule has 1 rings (SSSR count). The lowest BCUT2D eigenvalue weighted by Gasteiger charge is -1.94. The summed E-state index contributed by atoms with van der Waals surface area (Å²) >= 11 is 0. The molecule has 0 heterocycles. The molecular weight excluding hydrogens is 164 g/mol. The van der Waals surface area contributed by atoms with Gasteiger partial charge in [0.15, 0.2) is 0 Å². The number of ether oxygens (including phenoxy) is 1.